The molecule has 5 heteroatoms. The van der Waals surface area contributed by atoms with Gasteiger partial charge < -0.3 is 11.5 Å². The Morgan fingerprint density at radius 1 is 1.47 bits per heavy atom. The van der Waals surface area contributed by atoms with E-state index in [1.165, 1.54) is 5.56 Å². The van der Waals surface area contributed by atoms with Crippen LogP contribution in [0.2, 0.25) is 0 Å². The summed E-state index contributed by atoms with van der Waals surface area (Å²) in [4.78, 5) is 15.4. The fraction of sp³-hybridized carbons (Fsp3) is 0.500. The second-order valence-electron chi connectivity index (χ2n) is 4.50. The van der Waals surface area contributed by atoms with Crippen LogP contribution >= 0.6 is 11.8 Å². The van der Waals surface area contributed by atoms with Crippen LogP contribution in [0.5, 0.6) is 0 Å². The number of amides is 1. The van der Waals surface area contributed by atoms with Gasteiger partial charge in [-0.05, 0) is 44.9 Å². The van der Waals surface area contributed by atoms with Crippen LogP contribution in [-0.2, 0) is 4.79 Å². The van der Waals surface area contributed by atoms with Gasteiger partial charge >= 0.3 is 0 Å². The predicted molar refractivity (Wildman–Crippen MR) is 70.8 cm³/mol. The Balaban J connectivity index is 2.54. The molecule has 4 nitrogen and oxygen atoms in total. The standard InChI is InChI=1S/C12H19N3OS/c1-8-6-9(2)15-10(7-8)17-5-4-12(3,14)11(13)16/h6-7H,4-5,14H2,1-3H3,(H2,13,16). The Kier molecular flexibility index (Phi) is 4.54. The molecule has 0 radical (unpaired) electrons. The lowest BCUT2D eigenvalue weighted by molar-refractivity contribution is -0.122. The zero-order chi connectivity index (χ0) is 13.1. The molecule has 1 amide bonds. The molecule has 1 aromatic heterocycles. The molecule has 94 valence electrons. The lowest BCUT2D eigenvalue weighted by atomic mass is 10.0. The molecule has 0 saturated heterocycles. The lowest BCUT2D eigenvalue weighted by Crippen LogP contribution is -2.49. The predicted octanol–water partition coefficient (Wildman–Crippen LogP) is 1.38. The van der Waals surface area contributed by atoms with Crippen LogP contribution < -0.4 is 11.5 Å². The number of nitrogens with zero attached hydrogens (tertiary/aromatic N) is 1. The topological polar surface area (TPSA) is 82.0 Å². The molecule has 4 N–H and O–H groups in total. The van der Waals surface area contributed by atoms with Crippen LogP contribution in [0.1, 0.15) is 24.6 Å². The van der Waals surface area contributed by atoms with Crippen molar-refractivity contribution in [2.24, 2.45) is 11.5 Å². The zero-order valence-corrected chi connectivity index (χ0v) is 11.3. The number of pyridine rings is 1. The number of thioether (sulfide) groups is 1. The number of rotatable bonds is 5. The third-order valence-corrected chi connectivity index (χ3v) is 3.42. The Hall–Kier alpha value is -1.07. The Bertz CT molecular complexity index is 398. The number of nitrogens with two attached hydrogens (primary N) is 2. The molecule has 0 aliphatic heterocycles. The molecule has 1 heterocycles. The summed E-state index contributed by atoms with van der Waals surface area (Å²) in [5.74, 6) is 0.262. The van der Waals surface area contributed by atoms with E-state index in [0.29, 0.717) is 6.42 Å². The molecule has 1 atom stereocenters. The summed E-state index contributed by atoms with van der Waals surface area (Å²) < 4.78 is 0. The number of aromatic nitrogens is 1. The van der Waals surface area contributed by atoms with Crippen LogP contribution in [0.15, 0.2) is 17.2 Å². The van der Waals surface area contributed by atoms with Crippen molar-refractivity contribution in [1.29, 1.82) is 0 Å². The van der Waals surface area contributed by atoms with Gasteiger partial charge in [0.15, 0.2) is 0 Å². The Morgan fingerprint density at radius 2 is 2.12 bits per heavy atom. The first kappa shape index (κ1) is 14.0. The highest BCUT2D eigenvalue weighted by molar-refractivity contribution is 7.99. The van der Waals surface area contributed by atoms with E-state index < -0.39 is 11.4 Å². The van der Waals surface area contributed by atoms with Gasteiger partial charge in [-0.3, -0.25) is 4.79 Å². The molecule has 0 spiro atoms. The van der Waals surface area contributed by atoms with Crippen molar-refractivity contribution in [3.8, 4) is 0 Å². The quantitative estimate of drug-likeness (QED) is 0.777. The summed E-state index contributed by atoms with van der Waals surface area (Å²) in [5, 5.41) is 0.961. The normalized spacial score (nSPS) is 14.4. The van der Waals surface area contributed by atoms with Crippen molar-refractivity contribution in [2.75, 3.05) is 5.75 Å². The summed E-state index contributed by atoms with van der Waals surface area (Å²) in [5.41, 5.74) is 12.2. The fourth-order valence-electron chi connectivity index (χ4n) is 1.37. The molecule has 0 saturated carbocycles. The van der Waals surface area contributed by atoms with Crippen molar-refractivity contribution >= 4 is 17.7 Å². The van der Waals surface area contributed by atoms with E-state index in [0.717, 1.165) is 16.5 Å². The van der Waals surface area contributed by atoms with Gasteiger partial charge in [0.25, 0.3) is 0 Å². The molecule has 0 aliphatic carbocycles. The lowest BCUT2D eigenvalue weighted by Gasteiger charge is -2.19. The maximum Gasteiger partial charge on any atom is 0.237 e. The van der Waals surface area contributed by atoms with Crippen molar-refractivity contribution in [3.63, 3.8) is 0 Å². The largest absolute Gasteiger partial charge is 0.368 e. The number of aryl methyl sites for hydroxylation is 2. The SMILES string of the molecule is Cc1cc(C)nc(SCCC(C)(N)C(N)=O)c1. The van der Waals surface area contributed by atoms with E-state index in [9.17, 15) is 4.79 Å². The molecule has 0 aromatic carbocycles. The van der Waals surface area contributed by atoms with Crippen molar-refractivity contribution in [2.45, 2.75) is 37.8 Å². The maximum absolute atomic E-state index is 11.0. The minimum absolute atomic E-state index is 0.466. The van der Waals surface area contributed by atoms with Crippen LogP contribution in [0.4, 0.5) is 0 Å². The number of carbonyl (C=O) groups is 1. The second-order valence-corrected chi connectivity index (χ2v) is 5.62. The van der Waals surface area contributed by atoms with Crippen molar-refractivity contribution in [1.82, 2.24) is 4.98 Å². The molecular formula is C12H19N3OS. The van der Waals surface area contributed by atoms with Gasteiger partial charge in [0.2, 0.25) is 5.91 Å². The van der Waals surface area contributed by atoms with E-state index >= 15 is 0 Å². The first-order valence-corrected chi connectivity index (χ1v) is 6.47. The fourth-order valence-corrected chi connectivity index (χ4v) is 2.58. The number of carbonyl (C=O) groups excluding carboxylic acids is 1. The van der Waals surface area contributed by atoms with Gasteiger partial charge in [-0.2, -0.15) is 0 Å². The Labute approximate surface area is 106 Å². The van der Waals surface area contributed by atoms with Crippen LogP contribution in [0.3, 0.4) is 0 Å². The summed E-state index contributed by atoms with van der Waals surface area (Å²) in [7, 11) is 0. The third kappa shape index (κ3) is 4.36. The van der Waals surface area contributed by atoms with E-state index in [2.05, 4.69) is 4.98 Å². The van der Waals surface area contributed by atoms with Gasteiger partial charge in [0.1, 0.15) is 0 Å². The summed E-state index contributed by atoms with van der Waals surface area (Å²) >= 11 is 1.59. The minimum Gasteiger partial charge on any atom is -0.368 e. The Morgan fingerprint density at radius 3 is 2.65 bits per heavy atom. The second kappa shape index (κ2) is 5.51. The molecule has 0 aliphatic rings. The van der Waals surface area contributed by atoms with Crippen LogP contribution in [-0.4, -0.2) is 22.2 Å². The maximum atomic E-state index is 11.0. The monoisotopic (exact) mass is 253 g/mol. The number of hydrogen-bond acceptors (Lipinski definition) is 4. The minimum atomic E-state index is -0.939. The number of primary amides is 1. The summed E-state index contributed by atoms with van der Waals surface area (Å²) in [6.07, 6.45) is 0.543. The molecule has 1 unspecified atom stereocenters. The highest BCUT2D eigenvalue weighted by atomic mass is 32.2. The van der Waals surface area contributed by atoms with E-state index in [1.807, 2.05) is 26.0 Å². The van der Waals surface area contributed by atoms with Crippen LogP contribution in [0, 0.1) is 13.8 Å². The molecule has 0 bridgehead atoms. The van der Waals surface area contributed by atoms with Gasteiger partial charge in [-0.15, -0.1) is 11.8 Å². The number of hydrogen-bond donors (Lipinski definition) is 2. The smallest absolute Gasteiger partial charge is 0.237 e. The molecule has 0 fully saturated rings. The first-order valence-electron chi connectivity index (χ1n) is 5.48. The van der Waals surface area contributed by atoms with Crippen molar-refractivity contribution in [3.05, 3.63) is 23.4 Å². The molecule has 1 rings (SSSR count). The van der Waals surface area contributed by atoms with Gasteiger partial charge in [-0.25, -0.2) is 4.98 Å². The van der Waals surface area contributed by atoms with Gasteiger partial charge in [0, 0.05) is 11.4 Å². The third-order valence-electron chi connectivity index (χ3n) is 2.51. The van der Waals surface area contributed by atoms with Crippen molar-refractivity contribution < 1.29 is 4.79 Å². The summed E-state index contributed by atoms with van der Waals surface area (Å²) in [6, 6.07) is 4.05. The summed E-state index contributed by atoms with van der Waals surface area (Å²) in [6.45, 7) is 5.66. The van der Waals surface area contributed by atoms with E-state index in [4.69, 9.17) is 11.5 Å². The van der Waals surface area contributed by atoms with E-state index in [-0.39, 0.29) is 0 Å². The molecular weight excluding hydrogens is 234 g/mol. The average Bonchev–Trinajstić information content (AvgIpc) is 2.15. The zero-order valence-electron chi connectivity index (χ0n) is 10.5. The van der Waals surface area contributed by atoms with Crippen LogP contribution in [0.25, 0.3) is 0 Å². The van der Waals surface area contributed by atoms with Gasteiger partial charge in [0.05, 0.1) is 10.6 Å². The van der Waals surface area contributed by atoms with Gasteiger partial charge in [-0.1, -0.05) is 0 Å². The molecule has 1 aromatic rings. The highest BCUT2D eigenvalue weighted by Crippen LogP contribution is 2.20. The highest BCUT2D eigenvalue weighted by Gasteiger charge is 2.24. The molecule has 17 heavy (non-hydrogen) atoms. The average molecular weight is 253 g/mol. The van der Waals surface area contributed by atoms with E-state index in [1.54, 1.807) is 18.7 Å². The first-order chi connectivity index (χ1) is 7.81.